The lowest BCUT2D eigenvalue weighted by Gasteiger charge is -2.29. The Balaban J connectivity index is 1.23. The summed E-state index contributed by atoms with van der Waals surface area (Å²) in [4.78, 5) is 35.2. The van der Waals surface area contributed by atoms with Gasteiger partial charge in [-0.05, 0) is 54.2 Å². The number of H-pyrrole nitrogens is 2. The van der Waals surface area contributed by atoms with Gasteiger partial charge in [-0.1, -0.05) is 19.9 Å². The molecule has 8 heteroatoms. The zero-order chi connectivity index (χ0) is 23.4. The minimum atomic E-state index is -0.122. The quantitative estimate of drug-likeness (QED) is 0.441. The molecule has 1 saturated heterocycles. The number of amides is 2. The van der Waals surface area contributed by atoms with E-state index in [-0.39, 0.29) is 23.3 Å². The molecule has 2 amide bonds. The van der Waals surface area contributed by atoms with Gasteiger partial charge in [0.1, 0.15) is 11.4 Å². The molecular formula is C26H26N6O2. The number of aromatic nitrogens is 4. The summed E-state index contributed by atoms with van der Waals surface area (Å²) in [6.07, 6.45) is 5.19. The van der Waals surface area contributed by atoms with Gasteiger partial charge in [0.25, 0.3) is 11.8 Å². The third kappa shape index (κ3) is 3.29. The number of nitrogens with one attached hydrogen (secondary N) is 3. The molecule has 2 aliphatic rings. The maximum Gasteiger partial charge on any atom is 0.272 e. The number of likely N-dealkylation sites (tertiary alicyclic amines) is 1. The third-order valence-electron chi connectivity index (χ3n) is 7.02. The molecule has 1 fully saturated rings. The molecule has 3 N–H and O–H groups in total. The molecule has 1 unspecified atom stereocenters. The molecule has 3 aromatic heterocycles. The van der Waals surface area contributed by atoms with E-state index in [4.69, 9.17) is 0 Å². The lowest BCUT2D eigenvalue weighted by molar-refractivity contribution is 0.0777. The number of carbonyl (C=O) groups excluding carboxylic acids is 2. The lowest BCUT2D eigenvalue weighted by Crippen LogP contribution is -2.38. The summed E-state index contributed by atoms with van der Waals surface area (Å²) in [7, 11) is 0. The van der Waals surface area contributed by atoms with Crippen LogP contribution in [0.1, 0.15) is 52.2 Å². The molecule has 172 valence electrons. The summed E-state index contributed by atoms with van der Waals surface area (Å²) in [5.74, 6) is -0.222. The van der Waals surface area contributed by atoms with E-state index in [9.17, 15) is 9.59 Å². The molecule has 0 bridgehead atoms. The van der Waals surface area contributed by atoms with Crippen molar-refractivity contribution in [2.75, 3.05) is 13.1 Å². The van der Waals surface area contributed by atoms with Crippen LogP contribution in [0.5, 0.6) is 0 Å². The van der Waals surface area contributed by atoms with Crippen molar-refractivity contribution in [3.8, 4) is 11.4 Å². The van der Waals surface area contributed by atoms with E-state index in [2.05, 4.69) is 39.3 Å². The van der Waals surface area contributed by atoms with Crippen LogP contribution in [0, 0.1) is 0 Å². The minimum absolute atomic E-state index is 0.0842. The average Bonchev–Trinajstić information content (AvgIpc) is 3.56. The first-order valence-electron chi connectivity index (χ1n) is 11.6. The second-order valence-electron chi connectivity index (χ2n) is 9.88. The normalized spacial score (nSPS) is 18.5. The van der Waals surface area contributed by atoms with Crippen LogP contribution in [0.3, 0.4) is 0 Å². The van der Waals surface area contributed by atoms with E-state index in [1.807, 2.05) is 24.4 Å². The fourth-order valence-corrected chi connectivity index (χ4v) is 5.43. The summed E-state index contributed by atoms with van der Waals surface area (Å²) in [5.41, 5.74) is 6.35. The molecule has 0 saturated carbocycles. The van der Waals surface area contributed by atoms with Crippen molar-refractivity contribution in [2.24, 2.45) is 0 Å². The summed E-state index contributed by atoms with van der Waals surface area (Å²) in [5, 5.41) is 11.6. The molecule has 8 nitrogen and oxygen atoms in total. The second kappa shape index (κ2) is 7.55. The second-order valence-corrected chi connectivity index (χ2v) is 9.88. The monoisotopic (exact) mass is 454 g/mol. The van der Waals surface area contributed by atoms with E-state index >= 15 is 0 Å². The van der Waals surface area contributed by atoms with Gasteiger partial charge in [-0.15, -0.1) is 0 Å². The predicted molar refractivity (Wildman–Crippen MR) is 129 cm³/mol. The molecule has 0 radical (unpaired) electrons. The Morgan fingerprint density at radius 1 is 1.21 bits per heavy atom. The number of benzene rings is 1. The van der Waals surface area contributed by atoms with Crippen molar-refractivity contribution >= 4 is 22.7 Å². The first-order chi connectivity index (χ1) is 16.4. The largest absolute Gasteiger partial charge is 0.353 e. The Kier molecular flexibility index (Phi) is 4.58. The van der Waals surface area contributed by atoms with Gasteiger partial charge < -0.3 is 15.2 Å². The first-order valence-corrected chi connectivity index (χ1v) is 11.6. The van der Waals surface area contributed by atoms with Gasteiger partial charge in [-0.3, -0.25) is 19.7 Å². The van der Waals surface area contributed by atoms with Crippen LogP contribution in [-0.4, -0.2) is 56.0 Å². The Hall–Kier alpha value is -3.94. The average molecular weight is 455 g/mol. The number of hydrogen-bond acceptors (Lipinski definition) is 4. The fourth-order valence-electron chi connectivity index (χ4n) is 5.43. The van der Waals surface area contributed by atoms with Crippen LogP contribution in [0.2, 0.25) is 0 Å². The molecule has 1 aliphatic heterocycles. The molecular weight excluding hydrogens is 428 g/mol. The molecule has 1 aromatic carbocycles. The first kappa shape index (κ1) is 20.7. The highest BCUT2D eigenvalue weighted by molar-refractivity contribution is 6.01. The molecule has 0 spiro atoms. The molecule has 6 rings (SSSR count). The summed E-state index contributed by atoms with van der Waals surface area (Å²) >= 11 is 0. The number of hydrogen-bond donors (Lipinski definition) is 3. The maximum atomic E-state index is 13.1. The lowest BCUT2D eigenvalue weighted by atomic mass is 9.73. The van der Waals surface area contributed by atoms with Crippen LogP contribution < -0.4 is 5.32 Å². The summed E-state index contributed by atoms with van der Waals surface area (Å²) in [6.45, 7) is 5.55. The van der Waals surface area contributed by atoms with E-state index in [1.54, 1.807) is 29.3 Å². The maximum absolute atomic E-state index is 13.1. The van der Waals surface area contributed by atoms with Gasteiger partial charge in [-0.2, -0.15) is 5.10 Å². The minimum Gasteiger partial charge on any atom is -0.353 e. The predicted octanol–water partition coefficient (Wildman–Crippen LogP) is 3.43. The Labute approximate surface area is 196 Å². The number of pyridine rings is 1. The van der Waals surface area contributed by atoms with Gasteiger partial charge in [0.05, 0.1) is 5.69 Å². The summed E-state index contributed by atoms with van der Waals surface area (Å²) in [6, 6.07) is 11.0. The highest BCUT2D eigenvalue weighted by Crippen LogP contribution is 2.45. The topological polar surface area (TPSA) is 107 Å². The van der Waals surface area contributed by atoms with Crippen LogP contribution in [0.25, 0.3) is 22.3 Å². The number of aromatic amines is 2. The van der Waals surface area contributed by atoms with Crippen molar-refractivity contribution in [1.82, 2.24) is 30.4 Å². The van der Waals surface area contributed by atoms with Gasteiger partial charge >= 0.3 is 0 Å². The van der Waals surface area contributed by atoms with Gasteiger partial charge in [0.2, 0.25) is 0 Å². The summed E-state index contributed by atoms with van der Waals surface area (Å²) < 4.78 is 0. The fraction of sp³-hybridized carbons (Fsp3) is 0.308. The van der Waals surface area contributed by atoms with Gasteiger partial charge in [0, 0.05) is 53.6 Å². The number of nitrogens with zero attached hydrogens (tertiary/aromatic N) is 3. The Morgan fingerprint density at radius 3 is 2.91 bits per heavy atom. The Bertz CT molecular complexity index is 1420. The highest BCUT2D eigenvalue weighted by Gasteiger charge is 2.36. The number of carbonyl (C=O) groups is 2. The molecule has 34 heavy (non-hydrogen) atoms. The van der Waals surface area contributed by atoms with Crippen molar-refractivity contribution < 1.29 is 9.59 Å². The highest BCUT2D eigenvalue weighted by atomic mass is 16.2. The van der Waals surface area contributed by atoms with E-state index in [0.717, 1.165) is 35.1 Å². The standard InChI is InChI=1S/C26H26N6O2/c1-26(2)12-16-13-28-31-22(16)23-21(26)18-11-15(6-7-19(18)30-23)24(33)29-17-8-10-32(14-17)25(34)20-5-3-4-9-27-20/h3-7,9,11,13,17,30H,8,10,12,14H2,1-2H3,(H,28,31)(H,29,33). The number of rotatable bonds is 3. The van der Waals surface area contributed by atoms with Gasteiger partial charge in [-0.25, -0.2) is 0 Å². The van der Waals surface area contributed by atoms with Crippen LogP contribution >= 0.6 is 0 Å². The number of fused-ring (bicyclic) bond motifs is 5. The van der Waals surface area contributed by atoms with Crippen molar-refractivity contribution in [1.29, 1.82) is 0 Å². The Morgan fingerprint density at radius 2 is 2.09 bits per heavy atom. The molecule has 1 atom stereocenters. The smallest absolute Gasteiger partial charge is 0.272 e. The van der Waals surface area contributed by atoms with E-state index < -0.39 is 0 Å². The zero-order valence-corrected chi connectivity index (χ0v) is 19.2. The van der Waals surface area contributed by atoms with Crippen molar-refractivity contribution in [3.05, 3.63) is 71.2 Å². The third-order valence-corrected chi connectivity index (χ3v) is 7.02. The van der Waals surface area contributed by atoms with Gasteiger partial charge in [0.15, 0.2) is 0 Å². The zero-order valence-electron chi connectivity index (χ0n) is 19.2. The van der Waals surface area contributed by atoms with E-state index in [0.29, 0.717) is 24.3 Å². The van der Waals surface area contributed by atoms with E-state index in [1.165, 1.54) is 11.1 Å². The SMILES string of the molecule is CC1(C)Cc2c[nH]nc2-c2[nH]c3ccc(C(=O)NC4CCN(C(=O)c5ccccn5)C4)cc3c21. The molecule has 4 aromatic rings. The van der Waals surface area contributed by atoms with Crippen molar-refractivity contribution in [2.45, 2.75) is 38.1 Å². The molecule has 1 aliphatic carbocycles. The van der Waals surface area contributed by atoms with Crippen LogP contribution in [0.4, 0.5) is 0 Å². The van der Waals surface area contributed by atoms with Crippen LogP contribution in [-0.2, 0) is 11.8 Å². The molecule has 4 heterocycles. The van der Waals surface area contributed by atoms with Crippen LogP contribution in [0.15, 0.2) is 48.8 Å². The van der Waals surface area contributed by atoms with Crippen molar-refractivity contribution in [3.63, 3.8) is 0 Å².